The van der Waals surface area contributed by atoms with Gasteiger partial charge < -0.3 is 54.2 Å². The van der Waals surface area contributed by atoms with Crippen LogP contribution in [0.3, 0.4) is 0 Å². The van der Waals surface area contributed by atoms with E-state index in [1.807, 2.05) is 12.2 Å². The zero-order chi connectivity index (χ0) is 6.95. The standard InChI is InChI=1S/C5H5.C2H3O2.CH3.3ClH.Ti/c1-2-4-5-3-1;1-4-2-3;;;;;/h1-3H,4H2;1H3;1H3;3*1H;/q3*-1;;;;+3/p-3. The summed E-state index contributed by atoms with van der Waals surface area (Å²) in [5, 5.41) is 0. The van der Waals surface area contributed by atoms with Crippen LogP contribution in [0.1, 0.15) is 6.42 Å². The van der Waals surface area contributed by atoms with Gasteiger partial charge in [0.2, 0.25) is 0 Å². The van der Waals surface area contributed by atoms with Crippen LogP contribution in [0.15, 0.2) is 18.2 Å². The van der Waals surface area contributed by atoms with Crippen LogP contribution < -0.4 is 37.2 Å². The molecule has 0 N–H and O–H groups in total. The van der Waals surface area contributed by atoms with Crippen LogP contribution in [0, 0.1) is 13.5 Å². The number of methoxy groups -OCH3 is 1. The summed E-state index contributed by atoms with van der Waals surface area (Å²) in [5.41, 5.74) is 0. The monoisotopic (exact) mass is 292 g/mol. The molecule has 0 amide bonds. The van der Waals surface area contributed by atoms with Crippen molar-refractivity contribution in [2.24, 2.45) is 0 Å². The number of hydrogen-bond donors (Lipinski definition) is 0. The summed E-state index contributed by atoms with van der Waals surface area (Å²) in [5.74, 6) is 0. The van der Waals surface area contributed by atoms with Gasteiger partial charge in [0, 0.05) is 7.11 Å². The zero-order valence-electron chi connectivity index (χ0n) is 7.89. The Balaban J connectivity index is -0.0000000171. The third-order valence-electron chi connectivity index (χ3n) is 0.669. The Kier molecular flexibility index (Phi) is 97.8. The van der Waals surface area contributed by atoms with Crippen molar-refractivity contribution in [1.82, 2.24) is 0 Å². The Bertz CT molecular complexity index is 120. The van der Waals surface area contributed by atoms with E-state index in [-0.39, 0.29) is 66.4 Å². The van der Waals surface area contributed by atoms with E-state index < -0.39 is 0 Å². The third-order valence-corrected chi connectivity index (χ3v) is 0.669. The van der Waals surface area contributed by atoms with Gasteiger partial charge in [-0.1, -0.05) is 6.47 Å². The summed E-state index contributed by atoms with van der Waals surface area (Å²) >= 11 is 0. The predicted molar refractivity (Wildman–Crippen MR) is 40.7 cm³/mol. The molecule has 0 fully saturated rings. The van der Waals surface area contributed by atoms with E-state index in [9.17, 15) is 0 Å². The smallest absolute Gasteiger partial charge is 1.00 e. The Morgan fingerprint density at radius 2 is 1.79 bits per heavy atom. The first-order valence-corrected chi connectivity index (χ1v) is 2.53. The summed E-state index contributed by atoms with van der Waals surface area (Å²) in [4.78, 5) is 8.83. The molecule has 0 aromatic carbocycles. The molecule has 0 aromatic heterocycles. The number of halogens is 3. The molecular weight excluding hydrogens is 282 g/mol. The van der Waals surface area contributed by atoms with E-state index in [0.29, 0.717) is 0 Å². The fourth-order valence-corrected chi connectivity index (χ4v) is 0.340. The Hall–Kier alpha value is 0.534. The van der Waals surface area contributed by atoms with E-state index >= 15 is 0 Å². The van der Waals surface area contributed by atoms with Crippen molar-refractivity contribution in [3.05, 3.63) is 31.7 Å². The van der Waals surface area contributed by atoms with E-state index in [1.165, 1.54) is 13.6 Å². The van der Waals surface area contributed by atoms with Crippen molar-refractivity contribution in [3.8, 4) is 0 Å². The van der Waals surface area contributed by atoms with Crippen LogP contribution in [0.25, 0.3) is 0 Å². The average Bonchev–Trinajstić information content (AvgIpc) is 2.43. The summed E-state index contributed by atoms with van der Waals surface area (Å²) in [6, 6.07) is 0. The number of allylic oxidation sites excluding steroid dienone is 4. The Labute approximate surface area is 120 Å². The van der Waals surface area contributed by atoms with Crippen LogP contribution in [0.5, 0.6) is 0 Å². The molecule has 0 spiro atoms. The summed E-state index contributed by atoms with van der Waals surface area (Å²) in [6.45, 7) is 1.18. The molecule has 1 radical (unpaired) electrons. The van der Waals surface area contributed by atoms with E-state index in [4.69, 9.17) is 4.79 Å². The Morgan fingerprint density at radius 3 is 1.86 bits per heavy atom. The molecule has 0 aliphatic heterocycles. The predicted octanol–water partition coefficient (Wildman–Crippen LogP) is -7.53. The number of carbonyl (C=O) groups excluding carboxylic acids is 1. The van der Waals surface area contributed by atoms with Crippen molar-refractivity contribution >= 4 is 6.47 Å². The van der Waals surface area contributed by atoms with Gasteiger partial charge in [-0.05, 0) is 0 Å². The van der Waals surface area contributed by atoms with Crippen LogP contribution in [-0.2, 0) is 31.2 Å². The van der Waals surface area contributed by atoms with Gasteiger partial charge >= 0.3 is 21.7 Å². The maximum Gasteiger partial charge on any atom is 3.00 e. The van der Waals surface area contributed by atoms with Gasteiger partial charge in [0.05, 0.1) is 0 Å². The molecule has 0 atom stereocenters. The van der Waals surface area contributed by atoms with Crippen molar-refractivity contribution in [3.63, 3.8) is 0 Å². The first-order valence-electron chi connectivity index (χ1n) is 2.53. The first kappa shape index (κ1) is 36.6. The van der Waals surface area contributed by atoms with Crippen molar-refractivity contribution in [2.45, 2.75) is 6.42 Å². The summed E-state index contributed by atoms with van der Waals surface area (Å²) in [6.07, 6.45) is 10.0. The topological polar surface area (TPSA) is 26.3 Å². The molecule has 83 valence electrons. The largest absolute Gasteiger partial charge is 3.00 e. The van der Waals surface area contributed by atoms with Gasteiger partial charge in [-0.2, -0.15) is 6.08 Å². The van der Waals surface area contributed by atoms with E-state index in [1.54, 1.807) is 0 Å². The fraction of sp³-hybridized carbons (Fsp3) is 0.250. The first-order chi connectivity index (χ1) is 4.41. The van der Waals surface area contributed by atoms with Crippen LogP contribution in [0.4, 0.5) is 0 Å². The second-order valence-electron chi connectivity index (χ2n) is 1.29. The quantitative estimate of drug-likeness (QED) is 0.355. The van der Waals surface area contributed by atoms with Crippen molar-refractivity contribution in [2.75, 3.05) is 7.11 Å². The normalized spacial score (nSPS) is 7.79. The molecule has 1 aliphatic rings. The molecule has 14 heavy (non-hydrogen) atoms. The molecule has 1 aliphatic carbocycles. The maximum atomic E-state index is 8.83. The molecule has 0 aromatic rings. The average molecular weight is 293 g/mol. The van der Waals surface area contributed by atoms with Crippen molar-refractivity contribution in [1.29, 1.82) is 0 Å². The fourth-order valence-electron chi connectivity index (χ4n) is 0.340. The van der Waals surface area contributed by atoms with Gasteiger partial charge in [0.15, 0.2) is 0 Å². The number of hydrogen-bond acceptors (Lipinski definition) is 2. The third kappa shape index (κ3) is 39.1. The summed E-state index contributed by atoms with van der Waals surface area (Å²) < 4.78 is 3.74. The van der Waals surface area contributed by atoms with E-state index in [2.05, 4.69) is 16.9 Å². The molecule has 0 heterocycles. The van der Waals surface area contributed by atoms with Gasteiger partial charge in [-0.15, -0.1) is 6.42 Å². The van der Waals surface area contributed by atoms with Crippen molar-refractivity contribution < 1.29 is 68.5 Å². The summed E-state index contributed by atoms with van der Waals surface area (Å²) in [7, 11) is 1.26. The Morgan fingerprint density at radius 1 is 1.36 bits per heavy atom. The van der Waals surface area contributed by atoms with Crippen LogP contribution >= 0.6 is 0 Å². The van der Waals surface area contributed by atoms with E-state index in [0.717, 1.165) is 6.42 Å². The number of ether oxygens (including phenoxy) is 1. The minimum Gasteiger partial charge on any atom is -1.00 e. The SMILES string of the molecule is CO[C-]=O.[C-]1=CC=CC1.[CH3-].[Cl-].[Cl-].[Cl-].[Ti+3]. The molecule has 2 nitrogen and oxygen atoms in total. The molecule has 0 saturated heterocycles. The minimum atomic E-state index is 0. The van der Waals surface area contributed by atoms with Gasteiger partial charge in [0.1, 0.15) is 0 Å². The van der Waals surface area contributed by atoms with Crippen LogP contribution in [-0.4, -0.2) is 13.6 Å². The molecular formula is C8H11Cl3O2Ti-3. The second kappa shape index (κ2) is 37.5. The minimum absolute atomic E-state index is 0. The van der Waals surface area contributed by atoms with Gasteiger partial charge in [-0.3, -0.25) is 6.08 Å². The molecule has 1 rings (SSSR count). The second-order valence-corrected chi connectivity index (χ2v) is 1.29. The van der Waals surface area contributed by atoms with Gasteiger partial charge in [0.25, 0.3) is 0 Å². The zero-order valence-corrected chi connectivity index (χ0v) is 11.7. The van der Waals surface area contributed by atoms with Gasteiger partial charge in [-0.25, -0.2) is 12.2 Å². The number of rotatable bonds is 1. The molecule has 0 unspecified atom stereocenters. The molecule has 6 heteroatoms. The van der Waals surface area contributed by atoms with Crippen LogP contribution in [0.2, 0.25) is 0 Å². The molecule has 0 bridgehead atoms. The molecule has 0 saturated carbocycles. The maximum absolute atomic E-state index is 8.83.